The molecule has 1 saturated heterocycles. The zero-order chi connectivity index (χ0) is 17.4. The van der Waals surface area contributed by atoms with Crippen molar-refractivity contribution >= 4 is 29.9 Å². The zero-order valence-electron chi connectivity index (χ0n) is 15.0. The van der Waals surface area contributed by atoms with E-state index in [4.69, 9.17) is 5.73 Å². The summed E-state index contributed by atoms with van der Waals surface area (Å²) in [4.78, 5) is 26.6. The molecular formula is C20H28ClN3O2. The Hall–Kier alpha value is -1.59. The molecule has 2 saturated carbocycles. The number of hydrogen-bond donors (Lipinski definition) is 2. The summed E-state index contributed by atoms with van der Waals surface area (Å²) in [5, 5.41) is 3.07. The Kier molecular flexibility index (Phi) is 5.88. The highest BCUT2D eigenvalue weighted by Gasteiger charge is 2.49. The summed E-state index contributed by atoms with van der Waals surface area (Å²) in [7, 11) is 0. The minimum absolute atomic E-state index is 0. The number of benzene rings is 1. The van der Waals surface area contributed by atoms with Gasteiger partial charge in [-0.05, 0) is 61.6 Å². The molecule has 0 radical (unpaired) electrons. The number of amides is 2. The van der Waals surface area contributed by atoms with Gasteiger partial charge < -0.3 is 16.0 Å². The van der Waals surface area contributed by atoms with E-state index >= 15 is 0 Å². The minimum Gasteiger partial charge on any atom is -0.338 e. The molecule has 2 aliphatic carbocycles. The fourth-order valence-corrected chi connectivity index (χ4v) is 4.95. The fraction of sp³-hybridized carbons (Fsp3) is 0.600. The number of anilines is 1. The highest BCUT2D eigenvalue weighted by Crippen LogP contribution is 2.47. The van der Waals surface area contributed by atoms with Crippen LogP contribution in [0.5, 0.6) is 0 Å². The highest BCUT2D eigenvalue weighted by molar-refractivity contribution is 5.93. The number of nitrogens with two attached hydrogens (primary N) is 1. The normalized spacial score (nSPS) is 30.2. The topological polar surface area (TPSA) is 75.4 Å². The van der Waals surface area contributed by atoms with Crippen LogP contribution in [0.15, 0.2) is 24.3 Å². The average Bonchev–Trinajstić information content (AvgIpc) is 3.18. The molecule has 0 spiro atoms. The molecule has 4 atom stereocenters. The van der Waals surface area contributed by atoms with Crippen LogP contribution in [0, 0.1) is 17.8 Å². The second-order valence-corrected chi connectivity index (χ2v) is 7.90. The van der Waals surface area contributed by atoms with Gasteiger partial charge >= 0.3 is 0 Å². The van der Waals surface area contributed by atoms with Crippen molar-refractivity contribution in [3.8, 4) is 0 Å². The smallest absolute Gasteiger partial charge is 0.229 e. The molecule has 26 heavy (non-hydrogen) atoms. The number of halogens is 1. The third-order valence-corrected chi connectivity index (χ3v) is 6.27. The maximum absolute atomic E-state index is 12.7. The maximum Gasteiger partial charge on any atom is 0.229 e. The van der Waals surface area contributed by atoms with Crippen molar-refractivity contribution in [1.82, 2.24) is 4.90 Å². The van der Waals surface area contributed by atoms with E-state index in [9.17, 15) is 9.59 Å². The molecule has 1 aromatic rings. The predicted molar refractivity (Wildman–Crippen MR) is 104 cm³/mol. The SMILES string of the molecule is Cl.NC1C2CCC(C2)C1C(=O)Nc1cccc(CN2CCCCC2=O)c1. The number of carbonyl (C=O) groups is 2. The van der Waals surface area contributed by atoms with Gasteiger partial charge in [0, 0.05) is 31.2 Å². The summed E-state index contributed by atoms with van der Waals surface area (Å²) < 4.78 is 0. The average molecular weight is 378 g/mol. The molecule has 6 heteroatoms. The molecule has 3 N–H and O–H groups in total. The van der Waals surface area contributed by atoms with Crippen LogP contribution in [-0.4, -0.2) is 29.3 Å². The van der Waals surface area contributed by atoms with Crippen LogP contribution in [-0.2, 0) is 16.1 Å². The molecule has 2 amide bonds. The molecule has 4 unspecified atom stereocenters. The van der Waals surface area contributed by atoms with Crippen molar-refractivity contribution in [2.75, 3.05) is 11.9 Å². The van der Waals surface area contributed by atoms with Gasteiger partial charge in [0.25, 0.3) is 0 Å². The molecule has 142 valence electrons. The number of rotatable bonds is 4. The standard InChI is InChI=1S/C20H27N3O2.ClH/c21-19-15-8-7-14(11-15)18(19)20(25)22-16-5-3-4-13(10-16)12-23-9-2-1-6-17(23)24;/h3-5,10,14-15,18-19H,1-2,6-9,11-12,21H2,(H,22,25);1H. The van der Waals surface area contributed by atoms with E-state index in [0.717, 1.165) is 43.5 Å². The van der Waals surface area contributed by atoms with Crippen molar-refractivity contribution in [2.45, 2.75) is 51.1 Å². The van der Waals surface area contributed by atoms with Gasteiger partial charge in [-0.15, -0.1) is 12.4 Å². The van der Waals surface area contributed by atoms with Crippen LogP contribution in [0.1, 0.15) is 44.1 Å². The van der Waals surface area contributed by atoms with E-state index < -0.39 is 0 Å². The van der Waals surface area contributed by atoms with Crippen molar-refractivity contribution in [2.24, 2.45) is 23.5 Å². The van der Waals surface area contributed by atoms with Crippen LogP contribution in [0.2, 0.25) is 0 Å². The molecule has 2 bridgehead atoms. The van der Waals surface area contributed by atoms with Crippen molar-refractivity contribution in [3.05, 3.63) is 29.8 Å². The zero-order valence-corrected chi connectivity index (χ0v) is 15.8. The summed E-state index contributed by atoms with van der Waals surface area (Å²) in [6, 6.07) is 7.87. The first-order valence-electron chi connectivity index (χ1n) is 9.55. The molecule has 1 aromatic carbocycles. The lowest BCUT2D eigenvalue weighted by molar-refractivity contribution is -0.133. The lowest BCUT2D eigenvalue weighted by atomic mass is 9.84. The first-order valence-corrected chi connectivity index (χ1v) is 9.55. The summed E-state index contributed by atoms with van der Waals surface area (Å²) in [5.41, 5.74) is 8.15. The second-order valence-electron chi connectivity index (χ2n) is 7.90. The van der Waals surface area contributed by atoms with Crippen LogP contribution < -0.4 is 11.1 Å². The largest absolute Gasteiger partial charge is 0.338 e. The highest BCUT2D eigenvalue weighted by atomic mass is 35.5. The third kappa shape index (κ3) is 3.74. The maximum atomic E-state index is 12.7. The van der Waals surface area contributed by atoms with Crippen molar-refractivity contribution < 1.29 is 9.59 Å². The first-order chi connectivity index (χ1) is 12.1. The van der Waals surface area contributed by atoms with E-state index in [-0.39, 0.29) is 36.2 Å². The van der Waals surface area contributed by atoms with Gasteiger partial charge in [-0.25, -0.2) is 0 Å². The number of nitrogens with zero attached hydrogens (tertiary/aromatic N) is 1. The van der Waals surface area contributed by atoms with Gasteiger partial charge in [0.2, 0.25) is 11.8 Å². The van der Waals surface area contributed by atoms with E-state index in [2.05, 4.69) is 5.32 Å². The fourth-order valence-electron chi connectivity index (χ4n) is 4.95. The molecule has 5 nitrogen and oxygen atoms in total. The molecule has 3 fully saturated rings. The summed E-state index contributed by atoms with van der Waals surface area (Å²) in [6.45, 7) is 1.45. The lowest BCUT2D eigenvalue weighted by Gasteiger charge is -2.28. The molecule has 4 rings (SSSR count). The minimum atomic E-state index is -0.0499. The molecular weight excluding hydrogens is 350 g/mol. The van der Waals surface area contributed by atoms with Crippen LogP contribution in [0.25, 0.3) is 0 Å². The molecule has 0 aromatic heterocycles. The lowest BCUT2D eigenvalue weighted by Crippen LogP contribution is -2.42. The Balaban J connectivity index is 0.00000196. The van der Waals surface area contributed by atoms with E-state index in [0.29, 0.717) is 24.8 Å². The predicted octanol–water partition coefficient (Wildman–Crippen LogP) is 2.93. The number of carbonyl (C=O) groups excluding carboxylic acids is 2. The van der Waals surface area contributed by atoms with Crippen LogP contribution in [0.3, 0.4) is 0 Å². The number of hydrogen-bond acceptors (Lipinski definition) is 3. The Labute approximate surface area is 161 Å². The summed E-state index contributed by atoms with van der Waals surface area (Å²) in [6.07, 6.45) is 6.14. The second kappa shape index (κ2) is 7.97. The Morgan fingerprint density at radius 2 is 2.04 bits per heavy atom. The Bertz CT molecular complexity index is 679. The van der Waals surface area contributed by atoms with Gasteiger partial charge in [0.15, 0.2) is 0 Å². The molecule has 1 aliphatic heterocycles. The van der Waals surface area contributed by atoms with Gasteiger partial charge in [-0.3, -0.25) is 9.59 Å². The number of fused-ring (bicyclic) bond motifs is 2. The quantitative estimate of drug-likeness (QED) is 0.847. The number of nitrogens with one attached hydrogen (secondary N) is 1. The van der Waals surface area contributed by atoms with Gasteiger partial charge in [0.05, 0.1) is 5.92 Å². The van der Waals surface area contributed by atoms with E-state index in [1.54, 1.807) is 0 Å². The number of likely N-dealkylation sites (tertiary alicyclic amines) is 1. The van der Waals surface area contributed by atoms with Crippen LogP contribution in [0.4, 0.5) is 5.69 Å². The molecule has 3 aliphatic rings. The molecule has 1 heterocycles. The van der Waals surface area contributed by atoms with Crippen LogP contribution >= 0.6 is 12.4 Å². The Morgan fingerprint density at radius 1 is 1.23 bits per heavy atom. The van der Waals surface area contributed by atoms with E-state index in [1.807, 2.05) is 29.2 Å². The first kappa shape index (κ1) is 19.2. The summed E-state index contributed by atoms with van der Waals surface area (Å²) in [5.74, 6) is 1.22. The van der Waals surface area contributed by atoms with Crippen molar-refractivity contribution in [1.29, 1.82) is 0 Å². The number of piperidine rings is 1. The summed E-state index contributed by atoms with van der Waals surface area (Å²) >= 11 is 0. The third-order valence-electron chi connectivity index (χ3n) is 6.27. The monoisotopic (exact) mass is 377 g/mol. The Morgan fingerprint density at radius 3 is 2.77 bits per heavy atom. The van der Waals surface area contributed by atoms with Gasteiger partial charge in [0.1, 0.15) is 0 Å². The van der Waals surface area contributed by atoms with Gasteiger partial charge in [-0.1, -0.05) is 12.1 Å². The van der Waals surface area contributed by atoms with Gasteiger partial charge in [-0.2, -0.15) is 0 Å². The van der Waals surface area contributed by atoms with E-state index in [1.165, 1.54) is 6.42 Å². The van der Waals surface area contributed by atoms with Crippen molar-refractivity contribution in [3.63, 3.8) is 0 Å².